The summed E-state index contributed by atoms with van der Waals surface area (Å²) in [6.07, 6.45) is 4.46. The molecule has 1 aromatic carbocycles. The Morgan fingerprint density at radius 2 is 2.00 bits per heavy atom. The topological polar surface area (TPSA) is 49.3 Å². The minimum atomic E-state index is -0.842. The average molecular weight is 243 g/mol. The van der Waals surface area contributed by atoms with Gasteiger partial charge in [-0.25, -0.2) is 4.79 Å². The average Bonchev–Trinajstić information content (AvgIpc) is 2.65. The summed E-state index contributed by atoms with van der Waals surface area (Å²) >= 11 is 0. The van der Waals surface area contributed by atoms with E-state index >= 15 is 0 Å². The second kappa shape index (κ2) is 4.25. The normalized spacial score (nSPS) is 23.2. The molecule has 2 aliphatic rings. The maximum absolute atomic E-state index is 10.9. The predicted octanol–water partition coefficient (Wildman–Crippen LogP) is 2.18. The van der Waals surface area contributed by atoms with Crippen molar-refractivity contribution in [2.45, 2.75) is 24.7 Å². The highest BCUT2D eigenvalue weighted by Gasteiger charge is 2.41. The quantitative estimate of drug-likeness (QED) is 0.743. The summed E-state index contributed by atoms with van der Waals surface area (Å²) < 4.78 is 0. The van der Waals surface area contributed by atoms with Crippen LogP contribution in [0.25, 0.3) is 5.57 Å². The molecule has 1 heterocycles. The number of aliphatic carboxylic acids is 1. The molecule has 0 unspecified atom stereocenters. The van der Waals surface area contributed by atoms with Gasteiger partial charge in [0.15, 0.2) is 0 Å². The standard InChI is InChI=1S/C15H17NO2/c17-14(18)9-11-10-15(5-7-16-8-6-15)13-4-2-1-3-12(11)13/h1-4,9,16H,5-8,10H2,(H,17,18)/b11-9-. The molecular weight excluding hydrogens is 226 g/mol. The number of hydrogen-bond acceptors (Lipinski definition) is 2. The summed E-state index contributed by atoms with van der Waals surface area (Å²) in [5.74, 6) is -0.842. The summed E-state index contributed by atoms with van der Waals surface area (Å²) in [4.78, 5) is 10.9. The Balaban J connectivity index is 2.09. The summed E-state index contributed by atoms with van der Waals surface area (Å²) in [6.45, 7) is 2.05. The van der Waals surface area contributed by atoms with Crippen LogP contribution in [-0.4, -0.2) is 24.2 Å². The summed E-state index contributed by atoms with van der Waals surface area (Å²) in [7, 11) is 0. The van der Waals surface area contributed by atoms with Crippen LogP contribution < -0.4 is 5.32 Å². The van der Waals surface area contributed by atoms with Gasteiger partial charge in [0.05, 0.1) is 0 Å². The van der Waals surface area contributed by atoms with E-state index in [0.29, 0.717) is 0 Å². The molecule has 1 aromatic rings. The van der Waals surface area contributed by atoms with Crippen LogP contribution in [0.2, 0.25) is 0 Å². The highest BCUT2D eigenvalue weighted by atomic mass is 16.4. The minimum Gasteiger partial charge on any atom is -0.478 e. The molecule has 0 amide bonds. The van der Waals surface area contributed by atoms with Crippen LogP contribution in [0.5, 0.6) is 0 Å². The smallest absolute Gasteiger partial charge is 0.328 e. The molecule has 18 heavy (non-hydrogen) atoms. The first-order chi connectivity index (χ1) is 8.71. The lowest BCUT2D eigenvalue weighted by Gasteiger charge is -2.34. The van der Waals surface area contributed by atoms with Crippen LogP contribution in [-0.2, 0) is 10.2 Å². The molecule has 1 fully saturated rings. The van der Waals surface area contributed by atoms with Crippen molar-refractivity contribution in [1.29, 1.82) is 0 Å². The molecule has 1 aliphatic heterocycles. The Kier molecular flexibility index (Phi) is 2.71. The first-order valence-electron chi connectivity index (χ1n) is 6.45. The fourth-order valence-corrected chi connectivity index (χ4v) is 3.41. The number of rotatable bonds is 1. The molecule has 0 saturated carbocycles. The van der Waals surface area contributed by atoms with Crippen molar-refractivity contribution < 1.29 is 9.90 Å². The Bertz CT molecular complexity index is 513. The number of hydrogen-bond donors (Lipinski definition) is 2. The van der Waals surface area contributed by atoms with Crippen LogP contribution in [0.15, 0.2) is 30.3 Å². The summed E-state index contributed by atoms with van der Waals surface area (Å²) in [5, 5.41) is 12.4. The van der Waals surface area contributed by atoms with Crippen molar-refractivity contribution in [3.8, 4) is 0 Å². The predicted molar refractivity (Wildman–Crippen MR) is 70.5 cm³/mol. The fourth-order valence-electron chi connectivity index (χ4n) is 3.41. The molecular formula is C15H17NO2. The number of carbonyl (C=O) groups is 1. The Morgan fingerprint density at radius 3 is 2.72 bits per heavy atom. The van der Waals surface area contributed by atoms with E-state index in [4.69, 9.17) is 5.11 Å². The molecule has 0 aromatic heterocycles. The van der Waals surface area contributed by atoms with Crippen LogP contribution in [0.4, 0.5) is 0 Å². The number of carboxylic acids is 1. The Morgan fingerprint density at radius 1 is 1.28 bits per heavy atom. The van der Waals surface area contributed by atoms with Gasteiger partial charge < -0.3 is 10.4 Å². The lowest BCUT2D eigenvalue weighted by atomic mass is 9.74. The number of allylic oxidation sites excluding steroid dienone is 1. The van der Waals surface area contributed by atoms with Crippen molar-refractivity contribution in [1.82, 2.24) is 5.32 Å². The van der Waals surface area contributed by atoms with Gasteiger partial charge in [-0.1, -0.05) is 24.3 Å². The number of nitrogens with one attached hydrogen (secondary N) is 1. The molecule has 2 N–H and O–H groups in total. The number of piperidine rings is 1. The molecule has 0 bridgehead atoms. The van der Waals surface area contributed by atoms with Gasteiger partial charge in [0.2, 0.25) is 0 Å². The van der Waals surface area contributed by atoms with Crippen molar-refractivity contribution in [2.24, 2.45) is 0 Å². The number of benzene rings is 1. The maximum atomic E-state index is 10.9. The second-order valence-corrected chi connectivity index (χ2v) is 5.26. The van der Waals surface area contributed by atoms with Crippen molar-refractivity contribution in [3.63, 3.8) is 0 Å². The molecule has 1 spiro atoms. The largest absolute Gasteiger partial charge is 0.478 e. The molecule has 1 saturated heterocycles. The monoisotopic (exact) mass is 243 g/mol. The van der Waals surface area contributed by atoms with E-state index in [1.807, 2.05) is 6.07 Å². The van der Waals surface area contributed by atoms with Crippen LogP contribution in [0.3, 0.4) is 0 Å². The number of carboxylic acid groups (broad SMARTS) is 1. The third kappa shape index (κ3) is 1.75. The van der Waals surface area contributed by atoms with E-state index in [0.717, 1.165) is 43.5 Å². The molecule has 3 nitrogen and oxygen atoms in total. The van der Waals surface area contributed by atoms with E-state index < -0.39 is 5.97 Å². The van der Waals surface area contributed by atoms with Gasteiger partial charge in [-0.2, -0.15) is 0 Å². The van der Waals surface area contributed by atoms with Crippen LogP contribution in [0, 0.1) is 0 Å². The zero-order valence-corrected chi connectivity index (χ0v) is 10.3. The van der Waals surface area contributed by atoms with Crippen molar-refractivity contribution in [3.05, 3.63) is 41.5 Å². The first-order valence-corrected chi connectivity index (χ1v) is 6.45. The van der Waals surface area contributed by atoms with Crippen LogP contribution in [0.1, 0.15) is 30.4 Å². The molecule has 94 valence electrons. The van der Waals surface area contributed by atoms with Gasteiger partial charge in [0.1, 0.15) is 0 Å². The third-order valence-electron chi connectivity index (χ3n) is 4.23. The van der Waals surface area contributed by atoms with Crippen molar-refractivity contribution in [2.75, 3.05) is 13.1 Å². The van der Waals surface area contributed by atoms with Gasteiger partial charge in [0.25, 0.3) is 0 Å². The molecule has 3 rings (SSSR count). The Hall–Kier alpha value is -1.61. The number of fused-ring (bicyclic) bond motifs is 2. The van der Waals surface area contributed by atoms with Gasteiger partial charge >= 0.3 is 5.97 Å². The molecule has 0 radical (unpaired) electrons. The van der Waals surface area contributed by atoms with E-state index in [1.165, 1.54) is 11.6 Å². The highest BCUT2D eigenvalue weighted by molar-refractivity contribution is 5.92. The van der Waals surface area contributed by atoms with Gasteiger partial charge in [-0.15, -0.1) is 0 Å². The highest BCUT2D eigenvalue weighted by Crippen LogP contribution is 2.50. The van der Waals surface area contributed by atoms with E-state index in [9.17, 15) is 4.79 Å². The second-order valence-electron chi connectivity index (χ2n) is 5.26. The SMILES string of the molecule is O=C(O)/C=C1/CC2(CCNCC2)c2ccccc21. The van der Waals surface area contributed by atoms with Crippen molar-refractivity contribution >= 4 is 11.5 Å². The lowest BCUT2D eigenvalue weighted by Crippen LogP contribution is -2.38. The summed E-state index contributed by atoms with van der Waals surface area (Å²) in [6, 6.07) is 8.28. The fraction of sp³-hybridized carbons (Fsp3) is 0.400. The zero-order valence-electron chi connectivity index (χ0n) is 10.3. The van der Waals surface area contributed by atoms with Gasteiger partial charge in [0, 0.05) is 11.5 Å². The minimum absolute atomic E-state index is 0.170. The molecule has 0 atom stereocenters. The maximum Gasteiger partial charge on any atom is 0.328 e. The van der Waals surface area contributed by atoms with Gasteiger partial charge in [-0.3, -0.25) is 0 Å². The lowest BCUT2D eigenvalue weighted by molar-refractivity contribution is -0.131. The van der Waals surface area contributed by atoms with Gasteiger partial charge in [-0.05, 0) is 49.1 Å². The van der Waals surface area contributed by atoms with E-state index in [2.05, 4.69) is 23.5 Å². The Labute approximate surface area is 107 Å². The van der Waals surface area contributed by atoms with E-state index in [-0.39, 0.29) is 5.41 Å². The first kappa shape index (κ1) is 11.5. The zero-order chi connectivity index (χ0) is 12.6. The third-order valence-corrected chi connectivity index (χ3v) is 4.23. The molecule has 3 heteroatoms. The molecule has 1 aliphatic carbocycles. The van der Waals surface area contributed by atoms with Crippen LogP contribution >= 0.6 is 0 Å². The van der Waals surface area contributed by atoms with E-state index in [1.54, 1.807) is 0 Å². The summed E-state index contributed by atoms with van der Waals surface area (Å²) in [5.41, 5.74) is 3.64.